The van der Waals surface area contributed by atoms with Gasteiger partial charge in [0.1, 0.15) is 5.75 Å². The zero-order valence-corrected chi connectivity index (χ0v) is 9.54. The smallest absolute Gasteiger partial charge is 0.407 e. The molecule has 1 fully saturated rings. The molecule has 0 radical (unpaired) electrons. The second-order valence-electron chi connectivity index (χ2n) is 4.17. The van der Waals surface area contributed by atoms with E-state index < -0.39 is 6.09 Å². The fourth-order valence-corrected chi connectivity index (χ4v) is 1.98. The van der Waals surface area contributed by atoms with E-state index in [4.69, 9.17) is 5.11 Å². The molecule has 92 valence electrons. The number of phenolic OH excluding ortho intramolecular Hbond substituents is 1. The second kappa shape index (κ2) is 5.05. The van der Waals surface area contributed by atoms with E-state index in [9.17, 15) is 9.90 Å². The minimum absolute atomic E-state index is 0.299. The molecule has 1 aliphatic heterocycles. The number of phenols is 1. The van der Waals surface area contributed by atoms with Crippen LogP contribution in [0.2, 0.25) is 0 Å². The Labute approximate surface area is 99.9 Å². The van der Waals surface area contributed by atoms with Gasteiger partial charge in [-0.25, -0.2) is 4.79 Å². The molecule has 17 heavy (non-hydrogen) atoms. The maximum absolute atomic E-state index is 10.7. The van der Waals surface area contributed by atoms with Crippen LogP contribution in [0, 0.1) is 0 Å². The molecule has 0 aliphatic carbocycles. The third-order valence-electron chi connectivity index (χ3n) is 3.03. The minimum atomic E-state index is -0.854. The number of nitrogens with zero attached hydrogens (tertiary/aromatic N) is 2. The summed E-state index contributed by atoms with van der Waals surface area (Å²) in [5.74, 6) is 0.299. The van der Waals surface area contributed by atoms with Crippen molar-refractivity contribution in [2.45, 2.75) is 6.54 Å². The molecule has 2 rings (SSSR count). The highest BCUT2D eigenvalue weighted by atomic mass is 16.4. The Kier molecular flexibility index (Phi) is 3.49. The van der Waals surface area contributed by atoms with Gasteiger partial charge in [0.05, 0.1) is 0 Å². The van der Waals surface area contributed by atoms with Crippen molar-refractivity contribution < 1.29 is 15.0 Å². The quantitative estimate of drug-likeness (QED) is 0.809. The molecule has 5 heteroatoms. The van der Waals surface area contributed by atoms with Crippen LogP contribution in [0.15, 0.2) is 24.3 Å². The summed E-state index contributed by atoms with van der Waals surface area (Å²) in [5.41, 5.74) is 0.885. The second-order valence-corrected chi connectivity index (χ2v) is 4.17. The summed E-state index contributed by atoms with van der Waals surface area (Å²) in [5, 5.41) is 18.5. The number of carboxylic acid groups (broad SMARTS) is 1. The number of amides is 1. The highest BCUT2D eigenvalue weighted by Crippen LogP contribution is 2.18. The molecule has 2 N–H and O–H groups in total. The van der Waals surface area contributed by atoms with Crippen LogP contribution in [0.1, 0.15) is 5.56 Å². The predicted octanol–water partition coefficient (Wildman–Crippen LogP) is 1.19. The van der Waals surface area contributed by atoms with Crippen LogP contribution in [-0.4, -0.2) is 52.3 Å². The highest BCUT2D eigenvalue weighted by Gasteiger charge is 2.20. The topological polar surface area (TPSA) is 64.0 Å². The first kappa shape index (κ1) is 11.7. The van der Waals surface area contributed by atoms with Crippen LogP contribution in [0.25, 0.3) is 0 Å². The molecule has 0 aromatic heterocycles. The summed E-state index contributed by atoms with van der Waals surface area (Å²) >= 11 is 0. The molecule has 1 aromatic rings. The van der Waals surface area contributed by atoms with E-state index in [1.807, 2.05) is 12.1 Å². The molecule has 1 aromatic carbocycles. The van der Waals surface area contributed by atoms with Crippen LogP contribution in [-0.2, 0) is 6.54 Å². The first-order chi connectivity index (χ1) is 8.16. The third-order valence-corrected chi connectivity index (χ3v) is 3.03. The van der Waals surface area contributed by atoms with Gasteiger partial charge < -0.3 is 15.1 Å². The lowest BCUT2D eigenvalue weighted by molar-refractivity contribution is 0.102. The average Bonchev–Trinajstić information content (AvgIpc) is 2.33. The van der Waals surface area contributed by atoms with Gasteiger partial charge >= 0.3 is 6.09 Å². The maximum Gasteiger partial charge on any atom is 0.407 e. The van der Waals surface area contributed by atoms with Gasteiger partial charge in [0.25, 0.3) is 0 Å². The lowest BCUT2D eigenvalue weighted by Gasteiger charge is -2.33. The Morgan fingerprint density at radius 3 is 2.41 bits per heavy atom. The molecule has 0 unspecified atom stereocenters. The van der Waals surface area contributed by atoms with Crippen molar-refractivity contribution in [3.8, 4) is 5.75 Å². The lowest BCUT2D eigenvalue weighted by Crippen LogP contribution is -2.47. The van der Waals surface area contributed by atoms with Gasteiger partial charge in [-0.3, -0.25) is 4.90 Å². The summed E-state index contributed by atoms with van der Waals surface area (Å²) in [4.78, 5) is 14.3. The van der Waals surface area contributed by atoms with E-state index in [0.29, 0.717) is 38.5 Å². The number of aromatic hydroxyl groups is 1. The molecule has 1 saturated heterocycles. The van der Waals surface area contributed by atoms with Crippen LogP contribution in [0.3, 0.4) is 0 Å². The Morgan fingerprint density at radius 2 is 1.82 bits per heavy atom. The number of piperazine rings is 1. The van der Waals surface area contributed by atoms with Crippen molar-refractivity contribution in [2.24, 2.45) is 0 Å². The van der Waals surface area contributed by atoms with E-state index in [0.717, 1.165) is 5.56 Å². The van der Waals surface area contributed by atoms with E-state index in [-0.39, 0.29) is 0 Å². The maximum atomic E-state index is 10.7. The summed E-state index contributed by atoms with van der Waals surface area (Å²) in [6.45, 7) is 3.15. The normalized spacial score (nSPS) is 17.1. The van der Waals surface area contributed by atoms with Gasteiger partial charge in [-0.15, -0.1) is 0 Å². The fraction of sp³-hybridized carbons (Fsp3) is 0.417. The Morgan fingerprint density at radius 1 is 1.18 bits per heavy atom. The van der Waals surface area contributed by atoms with Crippen LogP contribution in [0.5, 0.6) is 5.75 Å². The predicted molar refractivity (Wildman–Crippen MR) is 63.0 cm³/mol. The Balaban J connectivity index is 1.90. The number of benzene rings is 1. The third kappa shape index (κ3) is 2.88. The van der Waals surface area contributed by atoms with E-state index in [1.165, 1.54) is 4.90 Å². The monoisotopic (exact) mass is 236 g/mol. The molecular formula is C12H16N2O3. The first-order valence-corrected chi connectivity index (χ1v) is 5.64. The number of para-hydroxylation sites is 1. The molecule has 0 bridgehead atoms. The van der Waals surface area contributed by atoms with Crippen molar-refractivity contribution in [3.05, 3.63) is 29.8 Å². The van der Waals surface area contributed by atoms with Gasteiger partial charge in [0, 0.05) is 38.3 Å². The molecule has 1 heterocycles. The number of hydrogen-bond acceptors (Lipinski definition) is 3. The van der Waals surface area contributed by atoms with Crippen LogP contribution < -0.4 is 0 Å². The number of hydrogen-bond donors (Lipinski definition) is 2. The van der Waals surface area contributed by atoms with Crippen molar-refractivity contribution in [3.63, 3.8) is 0 Å². The van der Waals surface area contributed by atoms with E-state index >= 15 is 0 Å². The van der Waals surface area contributed by atoms with Crippen LogP contribution >= 0.6 is 0 Å². The standard InChI is InChI=1S/C12H16N2O3/c15-11-4-2-1-3-10(11)9-13-5-7-14(8-6-13)12(16)17/h1-4,15H,5-9H2,(H,16,17). The van der Waals surface area contributed by atoms with Crippen molar-refractivity contribution in [2.75, 3.05) is 26.2 Å². The number of rotatable bonds is 2. The van der Waals surface area contributed by atoms with Crippen molar-refractivity contribution in [1.82, 2.24) is 9.80 Å². The Bertz CT molecular complexity index is 400. The fourth-order valence-electron chi connectivity index (χ4n) is 1.98. The molecular weight excluding hydrogens is 220 g/mol. The van der Waals surface area contributed by atoms with Gasteiger partial charge in [-0.05, 0) is 6.07 Å². The van der Waals surface area contributed by atoms with Gasteiger partial charge in [0.15, 0.2) is 0 Å². The van der Waals surface area contributed by atoms with Gasteiger partial charge in [-0.1, -0.05) is 18.2 Å². The minimum Gasteiger partial charge on any atom is -0.508 e. The molecule has 0 spiro atoms. The summed E-state index contributed by atoms with van der Waals surface area (Å²) in [6.07, 6.45) is -0.854. The summed E-state index contributed by atoms with van der Waals surface area (Å²) in [7, 11) is 0. The number of carbonyl (C=O) groups is 1. The first-order valence-electron chi connectivity index (χ1n) is 5.64. The highest BCUT2D eigenvalue weighted by molar-refractivity contribution is 5.65. The molecule has 0 atom stereocenters. The average molecular weight is 236 g/mol. The molecule has 0 saturated carbocycles. The molecule has 1 aliphatic rings. The molecule has 1 amide bonds. The van der Waals surface area contributed by atoms with Crippen molar-refractivity contribution >= 4 is 6.09 Å². The van der Waals surface area contributed by atoms with Gasteiger partial charge in [-0.2, -0.15) is 0 Å². The van der Waals surface area contributed by atoms with Gasteiger partial charge in [0.2, 0.25) is 0 Å². The SMILES string of the molecule is O=C(O)N1CCN(Cc2ccccc2O)CC1. The van der Waals surface area contributed by atoms with Crippen molar-refractivity contribution in [1.29, 1.82) is 0 Å². The Hall–Kier alpha value is -1.75. The zero-order chi connectivity index (χ0) is 12.3. The summed E-state index contributed by atoms with van der Waals surface area (Å²) in [6, 6.07) is 7.24. The van der Waals surface area contributed by atoms with E-state index in [2.05, 4.69) is 4.90 Å². The van der Waals surface area contributed by atoms with E-state index in [1.54, 1.807) is 12.1 Å². The largest absolute Gasteiger partial charge is 0.508 e. The summed E-state index contributed by atoms with van der Waals surface area (Å²) < 4.78 is 0. The lowest BCUT2D eigenvalue weighted by atomic mass is 10.2. The zero-order valence-electron chi connectivity index (χ0n) is 9.54. The van der Waals surface area contributed by atoms with Crippen LogP contribution in [0.4, 0.5) is 4.79 Å². The molecule has 5 nitrogen and oxygen atoms in total.